The van der Waals surface area contributed by atoms with E-state index >= 15 is 0 Å². The third-order valence-corrected chi connectivity index (χ3v) is 6.94. The molecule has 2 unspecified atom stereocenters. The van der Waals surface area contributed by atoms with Gasteiger partial charge >= 0.3 is 0 Å². The van der Waals surface area contributed by atoms with Crippen molar-refractivity contribution in [2.75, 3.05) is 27.8 Å². The molecule has 0 N–H and O–H groups in total. The van der Waals surface area contributed by atoms with E-state index in [-0.39, 0.29) is 23.9 Å². The Bertz CT molecular complexity index is 1160. The van der Waals surface area contributed by atoms with Gasteiger partial charge in [0.25, 0.3) is 5.91 Å². The van der Waals surface area contributed by atoms with Crippen molar-refractivity contribution in [3.05, 3.63) is 90.0 Å². The molecule has 1 aliphatic rings. The summed E-state index contributed by atoms with van der Waals surface area (Å²) < 4.78 is 0. The van der Waals surface area contributed by atoms with Crippen molar-refractivity contribution in [1.82, 2.24) is 0 Å². The number of nitrogens with zero attached hydrogens (tertiary/aromatic N) is 3. The number of fused-ring (bicyclic) bond motifs is 1. The number of hydrogen-bond acceptors (Lipinski definition) is 3. The molecule has 1 heterocycles. The minimum absolute atomic E-state index is 0.0115. The van der Waals surface area contributed by atoms with Gasteiger partial charge in [-0.3, -0.25) is 9.59 Å². The van der Waals surface area contributed by atoms with Crippen molar-refractivity contribution in [3.8, 4) is 0 Å². The van der Waals surface area contributed by atoms with Gasteiger partial charge in [-0.1, -0.05) is 43.3 Å². The fourth-order valence-corrected chi connectivity index (χ4v) is 5.14. The molecule has 0 spiro atoms. The summed E-state index contributed by atoms with van der Waals surface area (Å²) in [6, 6.07) is 25.5. The maximum Gasteiger partial charge on any atom is 0.258 e. The van der Waals surface area contributed by atoms with Gasteiger partial charge in [-0.05, 0) is 75.2 Å². The highest BCUT2D eigenvalue weighted by molar-refractivity contribution is 6.07. The van der Waals surface area contributed by atoms with Crippen molar-refractivity contribution in [3.63, 3.8) is 0 Å². The minimum Gasteiger partial charge on any atom is -0.372 e. The van der Waals surface area contributed by atoms with Crippen LogP contribution in [0.3, 0.4) is 0 Å². The Kier molecular flexibility index (Phi) is 7.54. The first kappa shape index (κ1) is 24.5. The maximum absolute atomic E-state index is 13.8. The van der Waals surface area contributed by atoms with E-state index in [0.717, 1.165) is 35.7 Å². The lowest BCUT2D eigenvalue weighted by Gasteiger charge is -2.43. The van der Waals surface area contributed by atoms with Gasteiger partial charge in [-0.15, -0.1) is 0 Å². The smallest absolute Gasteiger partial charge is 0.258 e. The molecule has 0 fully saturated rings. The highest BCUT2D eigenvalue weighted by atomic mass is 16.2. The largest absolute Gasteiger partial charge is 0.372 e. The number of benzene rings is 3. The summed E-state index contributed by atoms with van der Waals surface area (Å²) in [6.45, 7) is 10.1. The van der Waals surface area contributed by atoms with E-state index < -0.39 is 0 Å². The van der Waals surface area contributed by atoms with E-state index in [4.69, 9.17) is 0 Å². The molecule has 0 aliphatic carbocycles. The normalized spacial score (nSPS) is 17.0. The zero-order valence-electron chi connectivity index (χ0n) is 21.1. The van der Waals surface area contributed by atoms with Crippen molar-refractivity contribution in [1.29, 1.82) is 0 Å². The van der Waals surface area contributed by atoms with Gasteiger partial charge in [-0.2, -0.15) is 0 Å². The van der Waals surface area contributed by atoms with Crippen LogP contribution in [0.25, 0.3) is 0 Å². The highest BCUT2D eigenvalue weighted by Gasteiger charge is 2.38. The zero-order valence-corrected chi connectivity index (χ0v) is 21.1. The Hall–Kier alpha value is -3.60. The van der Waals surface area contributed by atoms with Crippen molar-refractivity contribution in [2.45, 2.75) is 52.6 Å². The third kappa shape index (κ3) is 4.81. The van der Waals surface area contributed by atoms with Gasteiger partial charge in [0.05, 0.1) is 6.04 Å². The van der Waals surface area contributed by atoms with Crippen LogP contribution in [0, 0.1) is 0 Å². The SMILES string of the molecule is CCC(=O)N(c1ccccc1)C1CC(C)N(C(=O)c2ccc(N(CC)CC)cc2)c2ccccc21. The lowest BCUT2D eigenvalue weighted by atomic mass is 9.89. The van der Waals surface area contributed by atoms with Gasteiger partial charge in [0.1, 0.15) is 0 Å². The van der Waals surface area contributed by atoms with Crippen LogP contribution in [-0.4, -0.2) is 30.9 Å². The summed E-state index contributed by atoms with van der Waals surface area (Å²) in [5, 5.41) is 0. The second-order valence-electron chi connectivity index (χ2n) is 9.01. The Morgan fingerprint density at radius 3 is 2.09 bits per heavy atom. The molecule has 35 heavy (non-hydrogen) atoms. The summed E-state index contributed by atoms with van der Waals surface area (Å²) in [5.41, 5.74) is 4.56. The zero-order chi connectivity index (χ0) is 24.9. The molecular formula is C30H35N3O2. The molecule has 4 rings (SSSR count). The van der Waals surface area contributed by atoms with E-state index in [1.165, 1.54) is 0 Å². The Morgan fingerprint density at radius 1 is 0.829 bits per heavy atom. The lowest BCUT2D eigenvalue weighted by Crippen LogP contribution is -2.47. The molecule has 2 atom stereocenters. The Balaban J connectivity index is 1.71. The number of amides is 2. The Morgan fingerprint density at radius 2 is 1.46 bits per heavy atom. The van der Waals surface area contributed by atoms with Crippen LogP contribution in [0.15, 0.2) is 78.9 Å². The summed E-state index contributed by atoms with van der Waals surface area (Å²) in [7, 11) is 0. The van der Waals surface area contributed by atoms with E-state index in [9.17, 15) is 9.59 Å². The molecule has 0 radical (unpaired) electrons. The van der Waals surface area contributed by atoms with Crippen LogP contribution >= 0.6 is 0 Å². The fourth-order valence-electron chi connectivity index (χ4n) is 5.14. The van der Waals surface area contributed by atoms with Crippen LogP contribution in [0.1, 0.15) is 62.5 Å². The molecule has 0 bridgehead atoms. The molecule has 0 saturated heterocycles. The van der Waals surface area contributed by atoms with Crippen molar-refractivity contribution < 1.29 is 9.59 Å². The van der Waals surface area contributed by atoms with Gasteiger partial charge < -0.3 is 14.7 Å². The fraction of sp³-hybridized carbons (Fsp3) is 0.333. The van der Waals surface area contributed by atoms with E-state index in [0.29, 0.717) is 18.4 Å². The van der Waals surface area contributed by atoms with Crippen molar-refractivity contribution >= 4 is 28.9 Å². The minimum atomic E-state index is -0.134. The summed E-state index contributed by atoms with van der Waals surface area (Å²) in [6.07, 6.45) is 1.09. The first-order valence-corrected chi connectivity index (χ1v) is 12.6. The predicted octanol–water partition coefficient (Wildman–Crippen LogP) is 6.46. The third-order valence-electron chi connectivity index (χ3n) is 6.94. The number of carbonyl (C=O) groups excluding carboxylic acids is 2. The molecule has 0 aromatic heterocycles. The molecule has 2 amide bonds. The first-order chi connectivity index (χ1) is 17.0. The standard InChI is InChI=1S/C30H35N3O2/c1-5-29(34)33(25-13-9-8-10-14-25)28-21-22(4)32(27-16-12-11-15-26(27)28)30(35)23-17-19-24(20-18-23)31(6-2)7-3/h8-20,22,28H,5-7,21H2,1-4H3. The molecular weight excluding hydrogens is 434 g/mol. The quantitative estimate of drug-likeness (QED) is 0.399. The molecule has 0 saturated carbocycles. The highest BCUT2D eigenvalue weighted by Crippen LogP contribution is 2.43. The predicted molar refractivity (Wildman–Crippen MR) is 144 cm³/mol. The van der Waals surface area contributed by atoms with E-state index in [1.807, 2.05) is 89.5 Å². The van der Waals surface area contributed by atoms with Crippen LogP contribution in [0.2, 0.25) is 0 Å². The maximum atomic E-state index is 13.8. The average molecular weight is 470 g/mol. The lowest BCUT2D eigenvalue weighted by molar-refractivity contribution is -0.118. The van der Waals surface area contributed by atoms with Gasteiger partial charge in [-0.25, -0.2) is 0 Å². The van der Waals surface area contributed by atoms with Gasteiger partial charge in [0.2, 0.25) is 5.91 Å². The topological polar surface area (TPSA) is 43.9 Å². The van der Waals surface area contributed by atoms with Gasteiger partial charge in [0, 0.05) is 48.2 Å². The molecule has 1 aliphatic heterocycles. The Labute approximate surface area is 209 Å². The second-order valence-corrected chi connectivity index (χ2v) is 9.01. The first-order valence-electron chi connectivity index (χ1n) is 12.6. The number of carbonyl (C=O) groups is 2. The van der Waals surface area contributed by atoms with Crippen LogP contribution < -0.4 is 14.7 Å². The summed E-state index contributed by atoms with van der Waals surface area (Å²) >= 11 is 0. The van der Waals surface area contributed by atoms with Crippen molar-refractivity contribution in [2.24, 2.45) is 0 Å². The molecule has 3 aromatic rings. The van der Waals surface area contributed by atoms with E-state index in [2.05, 4.69) is 31.7 Å². The molecule has 3 aromatic carbocycles. The summed E-state index contributed by atoms with van der Waals surface area (Å²) in [5.74, 6) is 0.0672. The number of hydrogen-bond donors (Lipinski definition) is 0. The monoisotopic (exact) mass is 469 g/mol. The molecule has 5 heteroatoms. The summed E-state index contributed by atoms with van der Waals surface area (Å²) in [4.78, 5) is 33.0. The van der Waals surface area contributed by atoms with Crippen LogP contribution in [-0.2, 0) is 4.79 Å². The number of anilines is 3. The average Bonchev–Trinajstić information content (AvgIpc) is 2.90. The second kappa shape index (κ2) is 10.8. The van der Waals surface area contributed by atoms with Gasteiger partial charge in [0.15, 0.2) is 0 Å². The van der Waals surface area contributed by atoms with E-state index in [1.54, 1.807) is 0 Å². The van der Waals surface area contributed by atoms with Crippen LogP contribution in [0.5, 0.6) is 0 Å². The molecule has 182 valence electrons. The molecule has 5 nitrogen and oxygen atoms in total. The van der Waals surface area contributed by atoms with Crippen LogP contribution in [0.4, 0.5) is 17.1 Å². The number of rotatable bonds is 7. The number of para-hydroxylation sites is 2.